The topological polar surface area (TPSA) is 59.3 Å². The van der Waals surface area contributed by atoms with Crippen LogP contribution in [0.3, 0.4) is 0 Å². The molecule has 0 saturated carbocycles. The first-order valence-electron chi connectivity index (χ1n) is 7.57. The Morgan fingerprint density at radius 3 is 2.69 bits per heavy atom. The SMILES string of the molecule is O=C(NN=Cc1ccc(Cl)cc1Cl)c1ccn(Cc2ccc(Br)cc2)n1. The van der Waals surface area contributed by atoms with Crippen molar-refractivity contribution in [1.82, 2.24) is 15.2 Å². The average molecular weight is 452 g/mol. The van der Waals surface area contributed by atoms with Crippen LogP contribution >= 0.6 is 39.1 Å². The average Bonchev–Trinajstić information content (AvgIpc) is 3.07. The van der Waals surface area contributed by atoms with E-state index in [2.05, 4.69) is 31.6 Å². The zero-order valence-electron chi connectivity index (χ0n) is 13.4. The van der Waals surface area contributed by atoms with E-state index in [1.54, 1.807) is 35.1 Å². The summed E-state index contributed by atoms with van der Waals surface area (Å²) in [5.41, 5.74) is 4.44. The normalized spacial score (nSPS) is 11.0. The van der Waals surface area contributed by atoms with E-state index < -0.39 is 5.91 Å². The van der Waals surface area contributed by atoms with E-state index in [-0.39, 0.29) is 5.69 Å². The summed E-state index contributed by atoms with van der Waals surface area (Å²) in [7, 11) is 0. The molecule has 1 N–H and O–H groups in total. The maximum Gasteiger partial charge on any atom is 0.291 e. The van der Waals surface area contributed by atoms with Gasteiger partial charge in [-0.2, -0.15) is 10.2 Å². The molecule has 0 unspecified atom stereocenters. The van der Waals surface area contributed by atoms with Crippen LogP contribution in [-0.2, 0) is 6.54 Å². The van der Waals surface area contributed by atoms with Gasteiger partial charge in [0.25, 0.3) is 5.91 Å². The van der Waals surface area contributed by atoms with E-state index in [1.165, 1.54) is 6.21 Å². The maximum absolute atomic E-state index is 12.1. The Kier molecular flexibility index (Phi) is 6.08. The van der Waals surface area contributed by atoms with Crippen molar-refractivity contribution in [3.05, 3.63) is 86.1 Å². The smallest absolute Gasteiger partial charge is 0.268 e. The number of hydrogen-bond acceptors (Lipinski definition) is 3. The molecule has 132 valence electrons. The minimum absolute atomic E-state index is 0.279. The molecule has 0 aliphatic carbocycles. The minimum Gasteiger partial charge on any atom is -0.268 e. The van der Waals surface area contributed by atoms with Crippen molar-refractivity contribution < 1.29 is 4.79 Å². The molecule has 26 heavy (non-hydrogen) atoms. The number of nitrogens with zero attached hydrogens (tertiary/aromatic N) is 3. The van der Waals surface area contributed by atoms with Gasteiger partial charge in [0, 0.05) is 21.3 Å². The molecule has 8 heteroatoms. The highest BCUT2D eigenvalue weighted by atomic mass is 79.9. The van der Waals surface area contributed by atoms with Gasteiger partial charge in [0.2, 0.25) is 0 Å². The molecule has 1 heterocycles. The molecular weight excluding hydrogens is 439 g/mol. The van der Waals surface area contributed by atoms with Crippen molar-refractivity contribution in [2.24, 2.45) is 5.10 Å². The van der Waals surface area contributed by atoms with Gasteiger partial charge < -0.3 is 0 Å². The van der Waals surface area contributed by atoms with E-state index >= 15 is 0 Å². The summed E-state index contributed by atoms with van der Waals surface area (Å²) < 4.78 is 2.71. The minimum atomic E-state index is -0.402. The number of carbonyl (C=O) groups is 1. The monoisotopic (exact) mass is 450 g/mol. The van der Waals surface area contributed by atoms with E-state index in [4.69, 9.17) is 23.2 Å². The second kappa shape index (κ2) is 8.49. The summed E-state index contributed by atoms with van der Waals surface area (Å²) in [4.78, 5) is 12.1. The third-order valence-corrected chi connectivity index (χ3v) is 4.55. The van der Waals surface area contributed by atoms with Crippen LogP contribution in [0.4, 0.5) is 0 Å². The molecule has 3 aromatic rings. The van der Waals surface area contributed by atoms with Crippen LogP contribution in [0.1, 0.15) is 21.6 Å². The Morgan fingerprint density at radius 1 is 1.19 bits per heavy atom. The Balaban J connectivity index is 1.61. The fourth-order valence-corrected chi connectivity index (χ4v) is 2.89. The van der Waals surface area contributed by atoms with Gasteiger partial charge in [-0.05, 0) is 35.9 Å². The lowest BCUT2D eigenvalue weighted by Crippen LogP contribution is -2.18. The van der Waals surface area contributed by atoms with Crippen LogP contribution in [0.15, 0.2) is 64.3 Å². The lowest BCUT2D eigenvalue weighted by Gasteiger charge is -2.02. The number of benzene rings is 2. The third-order valence-electron chi connectivity index (χ3n) is 3.46. The lowest BCUT2D eigenvalue weighted by atomic mass is 10.2. The number of carbonyl (C=O) groups excluding carboxylic acids is 1. The standard InChI is InChI=1S/C18H13BrCl2N4O/c19-14-4-1-12(2-5-14)11-25-8-7-17(24-25)18(26)23-22-10-13-3-6-15(20)9-16(13)21/h1-10H,11H2,(H,23,26). The zero-order chi connectivity index (χ0) is 18.5. The molecule has 0 radical (unpaired) electrons. The number of hydrazone groups is 1. The Hall–Kier alpha value is -2.15. The number of halogens is 3. The number of nitrogens with one attached hydrogen (secondary N) is 1. The second-order valence-electron chi connectivity index (χ2n) is 5.39. The first kappa shape index (κ1) is 18.6. The molecule has 0 aliphatic rings. The maximum atomic E-state index is 12.1. The predicted octanol–water partition coefficient (Wildman–Crippen LogP) is 4.76. The van der Waals surface area contributed by atoms with Crippen LogP contribution in [0, 0.1) is 0 Å². The molecule has 0 fully saturated rings. The highest BCUT2D eigenvalue weighted by molar-refractivity contribution is 9.10. The molecule has 0 saturated heterocycles. The van der Waals surface area contributed by atoms with Crippen molar-refractivity contribution in [2.45, 2.75) is 6.54 Å². The van der Waals surface area contributed by atoms with Crippen LogP contribution in [-0.4, -0.2) is 21.9 Å². The molecule has 1 amide bonds. The van der Waals surface area contributed by atoms with Gasteiger partial charge in [-0.3, -0.25) is 9.48 Å². The molecule has 1 aromatic heterocycles. The number of aromatic nitrogens is 2. The summed E-state index contributed by atoms with van der Waals surface area (Å²) in [5.74, 6) is -0.402. The first-order valence-corrected chi connectivity index (χ1v) is 9.12. The fraction of sp³-hybridized carbons (Fsp3) is 0.0556. The highest BCUT2D eigenvalue weighted by Gasteiger charge is 2.09. The molecular formula is C18H13BrCl2N4O. The van der Waals surface area contributed by atoms with Gasteiger partial charge >= 0.3 is 0 Å². The Labute approximate surface area is 168 Å². The van der Waals surface area contributed by atoms with Crippen molar-refractivity contribution in [3.8, 4) is 0 Å². The van der Waals surface area contributed by atoms with Gasteiger partial charge in [-0.25, -0.2) is 5.43 Å². The summed E-state index contributed by atoms with van der Waals surface area (Å²) in [5, 5.41) is 9.15. The summed E-state index contributed by atoms with van der Waals surface area (Å²) in [6.45, 7) is 0.574. The number of rotatable bonds is 5. The van der Waals surface area contributed by atoms with Crippen molar-refractivity contribution in [3.63, 3.8) is 0 Å². The highest BCUT2D eigenvalue weighted by Crippen LogP contribution is 2.19. The number of amides is 1. The van der Waals surface area contributed by atoms with Crippen LogP contribution in [0.5, 0.6) is 0 Å². The van der Waals surface area contributed by atoms with Crippen molar-refractivity contribution in [2.75, 3.05) is 0 Å². The molecule has 3 rings (SSSR count). The molecule has 0 spiro atoms. The predicted molar refractivity (Wildman–Crippen MR) is 107 cm³/mol. The summed E-state index contributed by atoms with van der Waals surface area (Å²) >= 11 is 15.3. The summed E-state index contributed by atoms with van der Waals surface area (Å²) in [6.07, 6.45) is 3.20. The van der Waals surface area contributed by atoms with E-state index in [1.807, 2.05) is 24.3 Å². The van der Waals surface area contributed by atoms with Gasteiger partial charge in [-0.1, -0.05) is 57.3 Å². The van der Waals surface area contributed by atoms with Gasteiger partial charge in [0.05, 0.1) is 17.8 Å². The van der Waals surface area contributed by atoms with Gasteiger partial charge in [0.1, 0.15) is 0 Å². The quantitative estimate of drug-likeness (QED) is 0.448. The first-order chi connectivity index (χ1) is 12.5. The lowest BCUT2D eigenvalue weighted by molar-refractivity contribution is 0.0949. The van der Waals surface area contributed by atoms with Crippen LogP contribution in [0.2, 0.25) is 10.0 Å². The molecule has 0 atom stereocenters. The number of hydrogen-bond donors (Lipinski definition) is 1. The molecule has 0 aliphatic heterocycles. The van der Waals surface area contributed by atoms with E-state index in [0.29, 0.717) is 22.2 Å². The Bertz CT molecular complexity index is 954. The summed E-state index contributed by atoms with van der Waals surface area (Å²) in [6, 6.07) is 14.6. The molecule has 5 nitrogen and oxygen atoms in total. The molecule has 2 aromatic carbocycles. The Morgan fingerprint density at radius 2 is 1.96 bits per heavy atom. The van der Waals surface area contributed by atoms with E-state index in [9.17, 15) is 4.79 Å². The van der Waals surface area contributed by atoms with Crippen molar-refractivity contribution in [1.29, 1.82) is 0 Å². The zero-order valence-corrected chi connectivity index (χ0v) is 16.5. The largest absolute Gasteiger partial charge is 0.291 e. The van der Waals surface area contributed by atoms with Crippen LogP contribution < -0.4 is 5.43 Å². The van der Waals surface area contributed by atoms with E-state index in [0.717, 1.165) is 10.0 Å². The van der Waals surface area contributed by atoms with Crippen molar-refractivity contribution >= 4 is 51.3 Å². The third kappa shape index (κ3) is 4.94. The van der Waals surface area contributed by atoms with Crippen LogP contribution in [0.25, 0.3) is 0 Å². The fourth-order valence-electron chi connectivity index (χ4n) is 2.17. The second-order valence-corrected chi connectivity index (χ2v) is 7.15. The van der Waals surface area contributed by atoms with Gasteiger partial charge in [0.15, 0.2) is 5.69 Å². The van der Waals surface area contributed by atoms with Gasteiger partial charge in [-0.15, -0.1) is 0 Å². The molecule has 0 bridgehead atoms.